The van der Waals surface area contributed by atoms with Crippen LogP contribution in [0.25, 0.3) is 77.9 Å². The van der Waals surface area contributed by atoms with Gasteiger partial charge in [-0.1, -0.05) is 36.4 Å². The Morgan fingerprint density at radius 3 is 1.53 bits per heavy atom. The van der Waals surface area contributed by atoms with E-state index in [9.17, 15) is 0 Å². The molecule has 2 fully saturated rings. The number of aromatic nitrogens is 10. The third kappa shape index (κ3) is 7.86. The van der Waals surface area contributed by atoms with Crippen molar-refractivity contribution in [1.29, 1.82) is 0 Å². The van der Waals surface area contributed by atoms with Crippen molar-refractivity contribution in [3.8, 4) is 56.3 Å². The first-order valence-corrected chi connectivity index (χ1v) is 21.9. The molecule has 0 amide bonds. The summed E-state index contributed by atoms with van der Waals surface area (Å²) in [5, 5.41) is 14.6. The van der Waals surface area contributed by atoms with Crippen molar-refractivity contribution in [2.24, 2.45) is 0 Å². The molecule has 316 valence electrons. The van der Waals surface area contributed by atoms with Gasteiger partial charge in [0.05, 0.1) is 53.3 Å². The highest BCUT2D eigenvalue weighted by Crippen LogP contribution is 2.33. The minimum Gasteiger partial charge on any atom is -0.489 e. The number of hydrogen-bond acceptors (Lipinski definition) is 11. The van der Waals surface area contributed by atoms with Crippen LogP contribution in [-0.2, 0) is 0 Å². The Bertz CT molecular complexity index is 3060. The lowest BCUT2D eigenvalue weighted by molar-refractivity contribution is 0.209. The summed E-state index contributed by atoms with van der Waals surface area (Å²) in [4.78, 5) is 27.9. The summed E-state index contributed by atoms with van der Waals surface area (Å²) in [6.07, 6.45) is 21.3. The molecule has 1 saturated heterocycles. The van der Waals surface area contributed by atoms with Crippen molar-refractivity contribution in [2.45, 2.75) is 58.2 Å². The number of ether oxygens (including phenoxy) is 2. The number of rotatable bonds is 8. The van der Waals surface area contributed by atoms with Crippen LogP contribution in [0.4, 0.5) is 0 Å². The van der Waals surface area contributed by atoms with E-state index in [4.69, 9.17) is 19.4 Å². The molecule has 2 aliphatic rings. The molecular formula is C51H45N11O2. The SMILES string of the molecule is Cc1ccc2c(-c3cnn4cc(-c5ccc(OC6CCCC6)cn5)cnc34)cccc2n1.Cc1ccc2c(-c3cnn4cc(-c5ccc(O[C@@H]6CCNC6)cn5)cnc34)cccc2n1. The predicted octanol–water partition coefficient (Wildman–Crippen LogP) is 9.69. The Labute approximate surface area is 369 Å². The van der Waals surface area contributed by atoms with Gasteiger partial charge in [0, 0.05) is 75.7 Å². The van der Waals surface area contributed by atoms with Gasteiger partial charge >= 0.3 is 0 Å². The lowest BCUT2D eigenvalue weighted by Gasteiger charge is -2.12. The Morgan fingerprint density at radius 1 is 0.516 bits per heavy atom. The molecule has 1 atom stereocenters. The Morgan fingerprint density at radius 2 is 1.05 bits per heavy atom. The maximum atomic E-state index is 6.03. The first-order chi connectivity index (χ1) is 31.5. The van der Waals surface area contributed by atoms with Crippen LogP contribution < -0.4 is 14.8 Å². The average molecular weight is 844 g/mol. The van der Waals surface area contributed by atoms with E-state index < -0.39 is 0 Å². The minimum atomic E-state index is 0.219. The number of pyridine rings is 4. The molecule has 0 spiro atoms. The van der Waals surface area contributed by atoms with Gasteiger partial charge < -0.3 is 14.8 Å². The van der Waals surface area contributed by atoms with Gasteiger partial charge in [0.25, 0.3) is 0 Å². The summed E-state index contributed by atoms with van der Waals surface area (Å²) in [5.41, 5.74) is 13.2. The number of benzene rings is 2. The predicted molar refractivity (Wildman–Crippen MR) is 248 cm³/mol. The van der Waals surface area contributed by atoms with Crippen LogP contribution in [0.3, 0.4) is 0 Å². The average Bonchev–Trinajstić information content (AvgIpc) is 4.18. The van der Waals surface area contributed by atoms with E-state index in [1.54, 1.807) is 16.9 Å². The van der Waals surface area contributed by atoms with E-state index in [1.165, 1.54) is 12.8 Å². The molecule has 13 nitrogen and oxygen atoms in total. The van der Waals surface area contributed by atoms with Crippen molar-refractivity contribution < 1.29 is 9.47 Å². The summed E-state index contributed by atoms with van der Waals surface area (Å²) in [5.74, 6) is 1.62. The van der Waals surface area contributed by atoms with E-state index in [0.717, 1.165) is 133 Å². The third-order valence-corrected chi connectivity index (χ3v) is 12.0. The molecule has 0 bridgehead atoms. The van der Waals surface area contributed by atoms with E-state index in [1.807, 2.05) is 116 Å². The lowest BCUT2D eigenvalue weighted by atomic mass is 10.0. The highest BCUT2D eigenvalue weighted by molar-refractivity contribution is 5.99. The summed E-state index contributed by atoms with van der Waals surface area (Å²) < 4.78 is 15.6. The Kier molecular flexibility index (Phi) is 10.4. The highest BCUT2D eigenvalue weighted by Gasteiger charge is 2.19. The van der Waals surface area contributed by atoms with Gasteiger partial charge in [-0.15, -0.1) is 0 Å². The van der Waals surface area contributed by atoms with Gasteiger partial charge in [-0.3, -0.25) is 19.9 Å². The van der Waals surface area contributed by atoms with Crippen LogP contribution in [-0.4, -0.2) is 74.4 Å². The van der Waals surface area contributed by atoms with Gasteiger partial charge in [-0.2, -0.15) is 10.2 Å². The van der Waals surface area contributed by atoms with Crippen molar-refractivity contribution in [2.75, 3.05) is 13.1 Å². The second-order valence-corrected chi connectivity index (χ2v) is 16.5. The molecule has 12 rings (SSSR count). The van der Waals surface area contributed by atoms with Crippen LogP contribution in [0.15, 0.2) is 135 Å². The van der Waals surface area contributed by atoms with Crippen LogP contribution in [0.1, 0.15) is 43.5 Å². The molecule has 1 N–H and O–H groups in total. The number of nitrogens with zero attached hydrogens (tertiary/aromatic N) is 10. The van der Waals surface area contributed by atoms with Crippen molar-refractivity contribution in [1.82, 2.24) is 54.4 Å². The molecular weight excluding hydrogens is 799 g/mol. The quantitative estimate of drug-likeness (QED) is 0.156. The zero-order valence-electron chi connectivity index (χ0n) is 35.6. The van der Waals surface area contributed by atoms with Crippen LogP contribution in [0, 0.1) is 13.8 Å². The topological polar surface area (TPSA) is 142 Å². The van der Waals surface area contributed by atoms with Gasteiger partial charge in [0.1, 0.15) is 17.6 Å². The zero-order valence-corrected chi connectivity index (χ0v) is 35.6. The maximum Gasteiger partial charge on any atom is 0.162 e. The van der Waals surface area contributed by atoms with Gasteiger partial charge in [0.2, 0.25) is 0 Å². The molecule has 9 heterocycles. The second kappa shape index (κ2) is 16.9. The molecule has 1 saturated carbocycles. The van der Waals surface area contributed by atoms with E-state index in [2.05, 4.69) is 59.7 Å². The number of fused-ring (bicyclic) bond motifs is 4. The fourth-order valence-electron chi connectivity index (χ4n) is 8.74. The molecule has 8 aromatic heterocycles. The highest BCUT2D eigenvalue weighted by atomic mass is 16.5. The summed E-state index contributed by atoms with van der Waals surface area (Å²) >= 11 is 0. The molecule has 2 aromatic carbocycles. The standard InChI is InChI=1S/C26H23N5O.C25H22N6O/c1-17-9-11-22-21(7-4-8-25(22)30-17)23-15-29-31-16-18(13-28-26(23)31)24-12-10-20(14-27-24)32-19-5-2-3-6-19;1-16-5-7-21-20(3-2-4-24(21)30-16)22-14-29-31-15-17(11-28-25(22)31)23-8-6-18(13-27-23)32-19-9-10-26-12-19/h4,7-16,19H,2-3,5-6H2,1H3;2-8,11,13-15,19,26H,9-10,12H2,1H3/t;19-/m.1/s1. The first-order valence-electron chi connectivity index (χ1n) is 21.9. The fourth-order valence-corrected chi connectivity index (χ4v) is 8.74. The molecule has 13 heteroatoms. The maximum absolute atomic E-state index is 6.03. The van der Waals surface area contributed by atoms with E-state index in [-0.39, 0.29) is 6.10 Å². The monoisotopic (exact) mass is 843 g/mol. The molecule has 0 unspecified atom stereocenters. The minimum absolute atomic E-state index is 0.219. The number of hydrogen-bond donors (Lipinski definition) is 1. The molecule has 1 aliphatic heterocycles. The van der Waals surface area contributed by atoms with Crippen LogP contribution in [0.5, 0.6) is 11.5 Å². The van der Waals surface area contributed by atoms with Gasteiger partial charge in [0.15, 0.2) is 11.3 Å². The Hall–Kier alpha value is -7.64. The normalized spacial score (nSPS) is 15.2. The van der Waals surface area contributed by atoms with E-state index in [0.29, 0.717) is 6.10 Å². The molecule has 10 aromatic rings. The number of nitrogens with one attached hydrogen (secondary N) is 1. The smallest absolute Gasteiger partial charge is 0.162 e. The van der Waals surface area contributed by atoms with Gasteiger partial charge in [-0.05, 0) is 112 Å². The van der Waals surface area contributed by atoms with Crippen LogP contribution in [0.2, 0.25) is 0 Å². The summed E-state index contributed by atoms with van der Waals surface area (Å²) in [7, 11) is 0. The Balaban J connectivity index is 0.000000143. The van der Waals surface area contributed by atoms with Crippen molar-refractivity contribution in [3.63, 3.8) is 0 Å². The second-order valence-electron chi connectivity index (χ2n) is 16.5. The molecule has 0 radical (unpaired) electrons. The summed E-state index contributed by atoms with van der Waals surface area (Å²) in [6, 6.07) is 28.5. The van der Waals surface area contributed by atoms with Gasteiger partial charge in [-0.25, -0.2) is 19.0 Å². The first kappa shape index (κ1) is 39.2. The van der Waals surface area contributed by atoms with Crippen LogP contribution >= 0.6 is 0 Å². The van der Waals surface area contributed by atoms with Crippen molar-refractivity contribution >= 4 is 33.1 Å². The largest absolute Gasteiger partial charge is 0.489 e. The fraction of sp³-hybridized carbons (Fsp3) is 0.216. The van der Waals surface area contributed by atoms with E-state index >= 15 is 0 Å². The molecule has 1 aliphatic carbocycles. The van der Waals surface area contributed by atoms with Crippen molar-refractivity contribution in [3.05, 3.63) is 146 Å². The lowest BCUT2D eigenvalue weighted by Crippen LogP contribution is -2.19. The summed E-state index contributed by atoms with van der Waals surface area (Å²) in [6.45, 7) is 5.90. The number of aryl methyl sites for hydroxylation is 2. The molecule has 64 heavy (non-hydrogen) atoms. The third-order valence-electron chi connectivity index (χ3n) is 12.0. The zero-order chi connectivity index (χ0) is 43.0.